The number of hydrogen-bond acceptors (Lipinski definition) is 10. The lowest BCUT2D eigenvalue weighted by atomic mass is 10.0. The highest BCUT2D eigenvalue weighted by atomic mass is 16.5. The van der Waals surface area contributed by atoms with E-state index >= 15 is 0 Å². The molecule has 10 heteroatoms. The third kappa shape index (κ3) is 3.65. The van der Waals surface area contributed by atoms with Gasteiger partial charge in [-0.25, -0.2) is 29.9 Å². The second kappa shape index (κ2) is 9.40. The first kappa shape index (κ1) is 23.3. The van der Waals surface area contributed by atoms with E-state index in [0.717, 1.165) is 11.1 Å². The molecule has 0 amide bonds. The molecular formula is C28H22N6O4. The summed E-state index contributed by atoms with van der Waals surface area (Å²) in [7, 11) is 6.00. The van der Waals surface area contributed by atoms with Crippen LogP contribution in [-0.2, 0) is 0 Å². The van der Waals surface area contributed by atoms with Crippen molar-refractivity contribution in [1.29, 1.82) is 0 Å². The Morgan fingerprint density at radius 2 is 0.632 bits per heavy atom. The Kier molecular flexibility index (Phi) is 5.76. The van der Waals surface area contributed by atoms with Crippen molar-refractivity contribution in [2.24, 2.45) is 0 Å². The molecule has 10 nitrogen and oxygen atoms in total. The highest BCUT2D eigenvalue weighted by Crippen LogP contribution is 2.39. The van der Waals surface area contributed by atoms with Gasteiger partial charge in [0.15, 0.2) is 0 Å². The molecule has 6 rings (SSSR count). The number of methoxy groups -OCH3 is 4. The Labute approximate surface area is 217 Å². The Morgan fingerprint density at radius 1 is 0.368 bits per heavy atom. The molecule has 6 aromatic rings. The third-order valence-electron chi connectivity index (χ3n) is 6.10. The molecule has 0 bridgehead atoms. The van der Waals surface area contributed by atoms with E-state index in [1.54, 1.807) is 0 Å². The van der Waals surface area contributed by atoms with Crippen LogP contribution in [0.1, 0.15) is 0 Å². The van der Waals surface area contributed by atoms with Gasteiger partial charge < -0.3 is 18.9 Å². The fraction of sp³-hybridized carbons (Fsp3) is 0.143. The van der Waals surface area contributed by atoms with Gasteiger partial charge in [-0.15, -0.1) is 0 Å². The molecule has 0 atom stereocenters. The van der Waals surface area contributed by atoms with Crippen molar-refractivity contribution in [2.75, 3.05) is 28.4 Å². The van der Waals surface area contributed by atoms with Gasteiger partial charge in [0.1, 0.15) is 33.1 Å². The van der Waals surface area contributed by atoms with Crippen molar-refractivity contribution in [3.8, 4) is 46.0 Å². The van der Waals surface area contributed by atoms with E-state index in [4.69, 9.17) is 38.9 Å². The van der Waals surface area contributed by atoms with Gasteiger partial charge in [-0.2, -0.15) is 0 Å². The summed E-state index contributed by atoms with van der Waals surface area (Å²) in [6, 6.07) is 19.7. The molecule has 0 spiro atoms. The average Bonchev–Trinajstić information content (AvgIpc) is 2.99. The van der Waals surface area contributed by atoms with Crippen molar-refractivity contribution in [2.45, 2.75) is 0 Å². The monoisotopic (exact) mass is 506 g/mol. The summed E-state index contributed by atoms with van der Waals surface area (Å²) in [6.07, 6.45) is 0. The standard InChI is InChI=1S/C28H22N6O4/c1-35-25-27(37-3)33-23-21(31-25)19-20(22-24(23)34-28(38-4)26(32-22)36-2)30-18(16-13-9-6-10-14-16)17(29-19)15-11-7-5-8-12-15/h5-14H,1-4H3. The van der Waals surface area contributed by atoms with Crippen LogP contribution in [0, 0.1) is 0 Å². The highest BCUT2D eigenvalue weighted by Gasteiger charge is 2.24. The Hall–Kier alpha value is -5.12. The van der Waals surface area contributed by atoms with Gasteiger partial charge in [-0.05, 0) is 0 Å². The number of rotatable bonds is 6. The Balaban J connectivity index is 1.85. The van der Waals surface area contributed by atoms with Crippen molar-refractivity contribution in [3.63, 3.8) is 0 Å². The fourth-order valence-corrected chi connectivity index (χ4v) is 4.36. The lowest BCUT2D eigenvalue weighted by molar-refractivity contribution is 0.333. The van der Waals surface area contributed by atoms with E-state index in [9.17, 15) is 0 Å². The minimum atomic E-state index is 0.203. The summed E-state index contributed by atoms with van der Waals surface area (Å²) in [4.78, 5) is 29.1. The molecule has 0 aliphatic rings. The zero-order chi connectivity index (χ0) is 26.2. The third-order valence-corrected chi connectivity index (χ3v) is 6.10. The van der Waals surface area contributed by atoms with E-state index in [1.165, 1.54) is 28.4 Å². The second-order valence-electron chi connectivity index (χ2n) is 8.23. The maximum absolute atomic E-state index is 5.47. The zero-order valence-electron chi connectivity index (χ0n) is 21.1. The first-order valence-corrected chi connectivity index (χ1v) is 11.7. The predicted molar refractivity (Wildman–Crippen MR) is 143 cm³/mol. The van der Waals surface area contributed by atoms with Crippen LogP contribution in [0.15, 0.2) is 60.7 Å². The highest BCUT2D eigenvalue weighted by molar-refractivity contribution is 6.19. The van der Waals surface area contributed by atoms with Gasteiger partial charge >= 0.3 is 0 Å². The van der Waals surface area contributed by atoms with Gasteiger partial charge in [-0.1, -0.05) is 60.7 Å². The second-order valence-corrected chi connectivity index (χ2v) is 8.23. The minimum absolute atomic E-state index is 0.203. The largest absolute Gasteiger partial charge is 0.477 e. The van der Waals surface area contributed by atoms with Crippen molar-refractivity contribution in [1.82, 2.24) is 29.9 Å². The molecule has 0 unspecified atom stereocenters. The molecule has 0 saturated carbocycles. The number of aromatic nitrogens is 6. The van der Waals surface area contributed by atoms with Crippen LogP contribution in [0.2, 0.25) is 0 Å². The van der Waals surface area contributed by atoms with E-state index in [0.29, 0.717) is 44.5 Å². The van der Waals surface area contributed by atoms with Crippen LogP contribution in [0.4, 0.5) is 0 Å². The van der Waals surface area contributed by atoms with Crippen molar-refractivity contribution in [3.05, 3.63) is 60.7 Å². The smallest absolute Gasteiger partial charge is 0.278 e. The summed E-state index contributed by atoms with van der Waals surface area (Å²) in [6.45, 7) is 0. The Morgan fingerprint density at radius 3 is 0.895 bits per heavy atom. The SMILES string of the molecule is COc1nc2c3nc(OC)c(OC)nc3c3nc(-c4ccccc4)c(-c4ccccc4)nc3c2nc1OC. The maximum atomic E-state index is 5.47. The molecule has 188 valence electrons. The lowest BCUT2D eigenvalue weighted by Gasteiger charge is -2.15. The van der Waals surface area contributed by atoms with Crippen LogP contribution in [-0.4, -0.2) is 58.3 Å². The van der Waals surface area contributed by atoms with Crippen LogP contribution in [0.25, 0.3) is 55.6 Å². The number of benzene rings is 3. The fourth-order valence-electron chi connectivity index (χ4n) is 4.36. The molecule has 0 radical (unpaired) electrons. The van der Waals surface area contributed by atoms with E-state index in [2.05, 4.69) is 9.97 Å². The summed E-state index contributed by atoms with van der Waals surface area (Å²) in [5.74, 6) is 0.831. The van der Waals surface area contributed by atoms with Gasteiger partial charge in [0, 0.05) is 11.1 Å². The first-order chi connectivity index (χ1) is 18.7. The zero-order valence-corrected chi connectivity index (χ0v) is 21.1. The summed E-state index contributed by atoms with van der Waals surface area (Å²) in [5, 5.41) is 0. The molecule has 3 heterocycles. The Bertz CT molecular complexity index is 1680. The topological polar surface area (TPSA) is 114 Å². The maximum Gasteiger partial charge on any atom is 0.278 e. The minimum Gasteiger partial charge on any atom is -0.477 e. The number of fused-ring (bicyclic) bond motifs is 6. The number of hydrogen-bond donors (Lipinski definition) is 0. The van der Waals surface area contributed by atoms with Crippen LogP contribution >= 0.6 is 0 Å². The molecule has 0 fully saturated rings. The average molecular weight is 507 g/mol. The van der Waals surface area contributed by atoms with E-state index < -0.39 is 0 Å². The van der Waals surface area contributed by atoms with Crippen molar-refractivity contribution >= 4 is 33.1 Å². The number of ether oxygens (including phenoxy) is 4. The first-order valence-electron chi connectivity index (χ1n) is 11.7. The van der Waals surface area contributed by atoms with Crippen molar-refractivity contribution < 1.29 is 18.9 Å². The van der Waals surface area contributed by atoms with Gasteiger partial charge in [-0.3, -0.25) is 0 Å². The summed E-state index contributed by atoms with van der Waals surface area (Å²) < 4.78 is 21.8. The predicted octanol–water partition coefficient (Wildman–Crippen LogP) is 4.88. The molecule has 3 aromatic heterocycles. The normalized spacial score (nSPS) is 11.2. The van der Waals surface area contributed by atoms with Crippen LogP contribution in [0.3, 0.4) is 0 Å². The summed E-state index contributed by atoms with van der Waals surface area (Å²) in [5.41, 5.74) is 5.87. The molecule has 38 heavy (non-hydrogen) atoms. The molecule has 3 aromatic carbocycles. The number of nitrogens with zero attached hydrogens (tertiary/aromatic N) is 6. The summed E-state index contributed by atoms with van der Waals surface area (Å²) >= 11 is 0. The van der Waals surface area contributed by atoms with Gasteiger partial charge in [0.2, 0.25) is 0 Å². The molecule has 0 N–H and O–H groups in total. The molecule has 0 aliphatic heterocycles. The van der Waals surface area contributed by atoms with Gasteiger partial charge in [0.05, 0.1) is 39.8 Å². The molecule has 0 aliphatic carbocycles. The molecular weight excluding hydrogens is 484 g/mol. The van der Waals surface area contributed by atoms with Gasteiger partial charge in [0.25, 0.3) is 23.5 Å². The van der Waals surface area contributed by atoms with Crippen LogP contribution < -0.4 is 18.9 Å². The van der Waals surface area contributed by atoms with E-state index in [1.807, 2.05) is 60.7 Å². The lowest BCUT2D eigenvalue weighted by Crippen LogP contribution is -2.04. The molecule has 0 saturated heterocycles. The quantitative estimate of drug-likeness (QED) is 0.289. The van der Waals surface area contributed by atoms with Crippen LogP contribution in [0.5, 0.6) is 23.5 Å². The van der Waals surface area contributed by atoms with E-state index in [-0.39, 0.29) is 23.5 Å².